The minimum absolute atomic E-state index is 0.197. The molecule has 0 bridgehead atoms. The molecule has 3 amide bonds. The van der Waals surface area contributed by atoms with Crippen LogP contribution < -0.4 is 9.80 Å². The first-order chi connectivity index (χ1) is 20.2. The van der Waals surface area contributed by atoms with Crippen molar-refractivity contribution in [1.82, 2.24) is 4.90 Å². The minimum Gasteiger partial charge on any atom is -0.394 e. The number of carbonyl (C=O) groups is 3. The van der Waals surface area contributed by atoms with E-state index in [0.717, 1.165) is 22.5 Å². The Bertz CT molecular complexity index is 1450. The maximum atomic E-state index is 14.8. The lowest BCUT2D eigenvalue weighted by atomic mass is 9.73. The van der Waals surface area contributed by atoms with E-state index < -0.39 is 35.1 Å². The molecule has 1 spiro atoms. The maximum absolute atomic E-state index is 14.8. The molecule has 2 saturated heterocycles. The summed E-state index contributed by atoms with van der Waals surface area (Å²) in [6, 6.07) is 13.7. The molecule has 1 unspecified atom stereocenters. The van der Waals surface area contributed by atoms with Crippen LogP contribution in [0.25, 0.3) is 0 Å². The zero-order valence-corrected chi connectivity index (χ0v) is 24.7. The normalized spacial score (nSPS) is 31.1. The number of hydrogen-bond acceptors (Lipinski definition) is 5. The number of aryl methyl sites for hydroxylation is 2. The van der Waals surface area contributed by atoms with Gasteiger partial charge < -0.3 is 24.5 Å². The van der Waals surface area contributed by atoms with Gasteiger partial charge >= 0.3 is 0 Å². The zero-order valence-electron chi connectivity index (χ0n) is 24.7. The lowest BCUT2D eigenvalue weighted by molar-refractivity contribution is -0.149. The van der Waals surface area contributed by atoms with Crippen molar-refractivity contribution in [3.05, 3.63) is 84.0 Å². The number of hydrogen-bond donors (Lipinski definition) is 1. The van der Waals surface area contributed by atoms with E-state index in [1.54, 1.807) is 9.80 Å². The van der Waals surface area contributed by atoms with Crippen LogP contribution in [-0.2, 0) is 19.1 Å². The first kappa shape index (κ1) is 28.4. The summed E-state index contributed by atoms with van der Waals surface area (Å²) in [5.74, 6) is -2.56. The number of likely N-dealkylation sites (tertiary alicyclic amines) is 1. The summed E-state index contributed by atoms with van der Waals surface area (Å²) in [4.78, 5) is 49.1. The third kappa shape index (κ3) is 3.92. The molecule has 8 nitrogen and oxygen atoms in total. The monoisotopic (exact) mass is 569 g/mol. The number of fused-ring (bicyclic) bond motifs is 2. The van der Waals surface area contributed by atoms with Crippen LogP contribution in [-0.4, -0.2) is 70.7 Å². The summed E-state index contributed by atoms with van der Waals surface area (Å²) in [5.41, 5.74) is 1.02. The number of carbonyl (C=O) groups excluding carboxylic acids is 3. The molecule has 0 radical (unpaired) electrons. The fourth-order valence-corrected chi connectivity index (χ4v) is 7.78. The van der Waals surface area contributed by atoms with E-state index in [4.69, 9.17) is 4.74 Å². The van der Waals surface area contributed by atoms with Crippen LogP contribution in [0, 0.1) is 25.7 Å². The van der Waals surface area contributed by atoms with Crippen molar-refractivity contribution in [2.75, 3.05) is 29.5 Å². The van der Waals surface area contributed by atoms with Crippen LogP contribution in [0.15, 0.2) is 72.8 Å². The van der Waals surface area contributed by atoms with Gasteiger partial charge in [0.15, 0.2) is 0 Å². The SMILES string of the molecule is CC[C@@H](CO)N1C(=O)[C@@H]2[C@@H]3C(=O)N(c4ccccc4)CC=C[C@]3(CC)O[C@@]23C=CCN(c2c(C)cccc2C)C(=O)C13. The van der Waals surface area contributed by atoms with Crippen LogP contribution in [0.3, 0.4) is 0 Å². The third-order valence-corrected chi connectivity index (χ3v) is 9.73. The first-order valence-corrected chi connectivity index (χ1v) is 15.0. The molecule has 2 aromatic carbocycles. The van der Waals surface area contributed by atoms with Crippen LogP contribution in [0.5, 0.6) is 0 Å². The number of aliphatic hydroxyl groups excluding tert-OH is 1. The highest BCUT2D eigenvalue weighted by Crippen LogP contribution is 2.59. The van der Waals surface area contributed by atoms with E-state index in [-0.39, 0.29) is 24.3 Å². The van der Waals surface area contributed by atoms with Crippen molar-refractivity contribution >= 4 is 29.1 Å². The second kappa shape index (κ2) is 10.5. The van der Waals surface area contributed by atoms with Crippen molar-refractivity contribution in [3.8, 4) is 0 Å². The largest absolute Gasteiger partial charge is 0.394 e. The van der Waals surface area contributed by atoms with Gasteiger partial charge in [-0.05, 0) is 49.9 Å². The first-order valence-electron chi connectivity index (χ1n) is 15.0. The van der Waals surface area contributed by atoms with Crippen molar-refractivity contribution in [2.45, 2.75) is 63.8 Å². The Morgan fingerprint density at radius 3 is 2.17 bits per heavy atom. The molecule has 42 heavy (non-hydrogen) atoms. The quantitative estimate of drug-likeness (QED) is 0.533. The summed E-state index contributed by atoms with van der Waals surface area (Å²) in [7, 11) is 0. The Labute approximate surface area is 247 Å². The van der Waals surface area contributed by atoms with Crippen molar-refractivity contribution in [3.63, 3.8) is 0 Å². The predicted octanol–water partition coefficient (Wildman–Crippen LogP) is 3.94. The van der Waals surface area contributed by atoms with Gasteiger partial charge in [0.05, 0.1) is 30.1 Å². The average Bonchev–Trinajstić information content (AvgIpc) is 3.28. The summed E-state index contributed by atoms with van der Waals surface area (Å²) in [6.07, 6.45) is 8.57. The Kier molecular flexibility index (Phi) is 7.10. The fraction of sp³-hybridized carbons (Fsp3) is 0.441. The number of amides is 3. The lowest BCUT2D eigenvalue weighted by Crippen LogP contribution is -2.59. The second-order valence-electron chi connectivity index (χ2n) is 11.9. The molecular formula is C34H39N3O5. The van der Waals surface area contributed by atoms with E-state index in [2.05, 4.69) is 0 Å². The smallest absolute Gasteiger partial charge is 0.253 e. The number of benzene rings is 2. The van der Waals surface area contributed by atoms with Gasteiger partial charge in [-0.25, -0.2) is 0 Å². The second-order valence-corrected chi connectivity index (χ2v) is 11.9. The van der Waals surface area contributed by atoms with E-state index in [1.165, 1.54) is 4.90 Å². The number of nitrogens with zero attached hydrogens (tertiary/aromatic N) is 3. The molecule has 4 aliphatic heterocycles. The van der Waals surface area contributed by atoms with Gasteiger partial charge in [0, 0.05) is 24.5 Å². The Balaban J connectivity index is 1.54. The molecule has 0 aliphatic carbocycles. The standard InChI is InChI=1S/C34H39N3O5/c1-5-24(21-38)37-29-32(41)36(28-22(3)13-10-14-23(28)4)20-12-18-34(29)27(31(37)40)26-30(39)35(25-15-8-7-9-16-25)19-11-17-33(26,6-2)42-34/h7-18,24,26-27,29,38H,5-6,19-21H2,1-4H3/t24-,26+,27-,29?,33-,34-/m0/s1. The fourth-order valence-electron chi connectivity index (χ4n) is 7.78. The molecule has 220 valence electrons. The van der Waals surface area contributed by atoms with E-state index >= 15 is 0 Å². The van der Waals surface area contributed by atoms with Gasteiger partial charge in [-0.2, -0.15) is 0 Å². The van der Waals surface area contributed by atoms with E-state index in [9.17, 15) is 19.5 Å². The molecule has 4 heterocycles. The van der Waals surface area contributed by atoms with Crippen LogP contribution in [0.2, 0.25) is 0 Å². The number of aliphatic hydroxyl groups is 1. The highest BCUT2D eigenvalue weighted by molar-refractivity contribution is 6.08. The number of rotatable bonds is 6. The molecule has 0 aromatic heterocycles. The molecule has 1 N–H and O–H groups in total. The van der Waals surface area contributed by atoms with Crippen molar-refractivity contribution in [2.24, 2.45) is 11.8 Å². The zero-order chi connectivity index (χ0) is 29.8. The molecular weight excluding hydrogens is 530 g/mol. The van der Waals surface area contributed by atoms with Gasteiger partial charge in [0.25, 0.3) is 5.91 Å². The van der Waals surface area contributed by atoms with Crippen molar-refractivity contribution < 1.29 is 24.2 Å². The van der Waals surface area contributed by atoms with Crippen LogP contribution in [0.4, 0.5) is 11.4 Å². The highest BCUT2D eigenvalue weighted by Gasteiger charge is 2.76. The van der Waals surface area contributed by atoms with Crippen LogP contribution in [0.1, 0.15) is 37.8 Å². The summed E-state index contributed by atoms with van der Waals surface area (Å²) >= 11 is 0. The van der Waals surface area contributed by atoms with Gasteiger partial charge in [-0.3, -0.25) is 14.4 Å². The van der Waals surface area contributed by atoms with Crippen LogP contribution >= 0.6 is 0 Å². The van der Waals surface area contributed by atoms with Crippen molar-refractivity contribution in [1.29, 1.82) is 0 Å². The van der Waals surface area contributed by atoms with E-state index in [1.807, 2.05) is 101 Å². The predicted molar refractivity (Wildman–Crippen MR) is 161 cm³/mol. The lowest BCUT2D eigenvalue weighted by Gasteiger charge is -2.41. The molecule has 6 rings (SSSR count). The molecule has 0 saturated carbocycles. The Morgan fingerprint density at radius 1 is 0.857 bits per heavy atom. The summed E-state index contributed by atoms with van der Waals surface area (Å²) in [5, 5.41) is 10.4. The number of para-hydroxylation sites is 2. The number of ether oxygens (including phenoxy) is 1. The topological polar surface area (TPSA) is 90.4 Å². The summed E-state index contributed by atoms with van der Waals surface area (Å²) in [6.45, 7) is 8.17. The molecule has 6 atom stereocenters. The number of anilines is 2. The molecule has 2 fully saturated rings. The maximum Gasteiger partial charge on any atom is 0.253 e. The van der Waals surface area contributed by atoms with E-state index in [0.29, 0.717) is 25.9 Å². The van der Waals surface area contributed by atoms with Gasteiger partial charge in [0.2, 0.25) is 11.8 Å². The molecule has 2 aromatic rings. The Hall–Kier alpha value is -3.75. The van der Waals surface area contributed by atoms with Gasteiger partial charge in [-0.1, -0.05) is 74.5 Å². The van der Waals surface area contributed by atoms with Gasteiger partial charge in [-0.15, -0.1) is 0 Å². The molecule has 4 aliphatic rings. The third-order valence-electron chi connectivity index (χ3n) is 9.73. The summed E-state index contributed by atoms with van der Waals surface area (Å²) < 4.78 is 7.07. The average molecular weight is 570 g/mol. The minimum atomic E-state index is -1.37. The Morgan fingerprint density at radius 2 is 1.52 bits per heavy atom. The van der Waals surface area contributed by atoms with Gasteiger partial charge in [0.1, 0.15) is 11.6 Å². The molecule has 8 heteroatoms. The highest BCUT2D eigenvalue weighted by atomic mass is 16.5.